The maximum atomic E-state index is 14.7. The third kappa shape index (κ3) is 3.56. The highest BCUT2D eigenvalue weighted by Crippen LogP contribution is 2.40. The van der Waals surface area contributed by atoms with Gasteiger partial charge in [-0.15, -0.1) is 0 Å². The number of amides is 1. The van der Waals surface area contributed by atoms with Crippen LogP contribution < -0.4 is 19.7 Å². The molecule has 1 heterocycles. The number of nitrogens with one attached hydrogen (secondary N) is 1. The number of benzene rings is 3. The number of ether oxygens (including phenoxy) is 2. The van der Waals surface area contributed by atoms with Crippen LogP contribution in [0.15, 0.2) is 66.7 Å². The van der Waals surface area contributed by atoms with Crippen LogP contribution in [0.1, 0.15) is 35.9 Å². The Morgan fingerprint density at radius 3 is 2.47 bits per heavy atom. The third-order valence-corrected chi connectivity index (χ3v) is 4.90. The number of hydrogen-bond acceptors (Lipinski definition) is 4. The first-order chi connectivity index (χ1) is 14.5. The van der Waals surface area contributed by atoms with Gasteiger partial charge in [0.2, 0.25) is 0 Å². The van der Waals surface area contributed by atoms with Crippen LogP contribution in [0.4, 0.5) is 15.8 Å². The zero-order chi connectivity index (χ0) is 21.3. The smallest absolute Gasteiger partial charge is 0.262 e. The Morgan fingerprint density at radius 2 is 1.73 bits per heavy atom. The van der Waals surface area contributed by atoms with Crippen LogP contribution in [-0.2, 0) is 0 Å². The SMILES string of the molecule is COc1cc(C2Nc3ccccc3C(=O)N2c2ccccc2F)ccc1OC(C)C. The van der Waals surface area contributed by atoms with E-state index in [-0.39, 0.29) is 17.7 Å². The van der Waals surface area contributed by atoms with Gasteiger partial charge in [0.15, 0.2) is 11.5 Å². The van der Waals surface area contributed by atoms with Crippen LogP contribution in [0.5, 0.6) is 11.5 Å². The Hall–Kier alpha value is -3.54. The molecule has 5 nitrogen and oxygen atoms in total. The lowest BCUT2D eigenvalue weighted by Crippen LogP contribution is -2.43. The van der Waals surface area contributed by atoms with Crippen molar-refractivity contribution in [1.29, 1.82) is 0 Å². The molecule has 1 amide bonds. The molecule has 1 aliphatic rings. The molecule has 0 bridgehead atoms. The molecule has 30 heavy (non-hydrogen) atoms. The van der Waals surface area contributed by atoms with Crippen molar-refractivity contribution in [2.45, 2.75) is 26.1 Å². The van der Waals surface area contributed by atoms with E-state index in [0.29, 0.717) is 22.7 Å². The summed E-state index contributed by atoms with van der Waals surface area (Å²) in [5.41, 5.74) is 2.13. The normalized spacial score (nSPS) is 15.6. The lowest BCUT2D eigenvalue weighted by atomic mass is 10.0. The van der Waals surface area contributed by atoms with Crippen LogP contribution in [0.2, 0.25) is 0 Å². The highest BCUT2D eigenvalue weighted by Gasteiger charge is 2.35. The highest BCUT2D eigenvalue weighted by molar-refractivity contribution is 6.12. The summed E-state index contributed by atoms with van der Waals surface area (Å²) in [5.74, 6) is 0.406. The molecule has 1 N–H and O–H groups in total. The summed E-state index contributed by atoms with van der Waals surface area (Å²) in [6.07, 6.45) is -0.632. The molecule has 0 aliphatic carbocycles. The van der Waals surface area contributed by atoms with Gasteiger partial charge in [-0.3, -0.25) is 9.69 Å². The van der Waals surface area contributed by atoms with E-state index in [9.17, 15) is 9.18 Å². The summed E-state index contributed by atoms with van der Waals surface area (Å²) in [6.45, 7) is 3.87. The number of para-hydroxylation sites is 2. The van der Waals surface area contributed by atoms with Crippen LogP contribution in [-0.4, -0.2) is 19.1 Å². The maximum absolute atomic E-state index is 14.7. The molecule has 6 heteroatoms. The van der Waals surface area contributed by atoms with Gasteiger partial charge in [-0.25, -0.2) is 4.39 Å². The number of halogens is 1. The Balaban J connectivity index is 1.84. The molecule has 1 unspecified atom stereocenters. The summed E-state index contributed by atoms with van der Waals surface area (Å²) in [4.78, 5) is 14.8. The number of anilines is 2. The van der Waals surface area contributed by atoms with Crippen LogP contribution in [0, 0.1) is 5.82 Å². The van der Waals surface area contributed by atoms with E-state index >= 15 is 0 Å². The number of carbonyl (C=O) groups is 1. The minimum Gasteiger partial charge on any atom is -0.493 e. The number of rotatable bonds is 5. The summed E-state index contributed by atoms with van der Waals surface area (Å²) in [6, 6.07) is 18.9. The molecular weight excluding hydrogens is 383 g/mol. The lowest BCUT2D eigenvalue weighted by molar-refractivity contribution is 0.0974. The van der Waals surface area contributed by atoms with Gasteiger partial charge in [0.25, 0.3) is 5.91 Å². The van der Waals surface area contributed by atoms with Gasteiger partial charge in [-0.2, -0.15) is 0 Å². The van der Waals surface area contributed by atoms with Crippen molar-refractivity contribution >= 4 is 17.3 Å². The Morgan fingerprint density at radius 1 is 1.00 bits per heavy atom. The van der Waals surface area contributed by atoms with Gasteiger partial charge in [0, 0.05) is 5.69 Å². The van der Waals surface area contributed by atoms with Crippen molar-refractivity contribution in [3.8, 4) is 11.5 Å². The van der Waals surface area contributed by atoms with Crippen LogP contribution in [0.25, 0.3) is 0 Å². The van der Waals surface area contributed by atoms with Gasteiger partial charge in [-0.05, 0) is 55.8 Å². The van der Waals surface area contributed by atoms with E-state index in [1.54, 1.807) is 43.5 Å². The number of hydrogen-bond donors (Lipinski definition) is 1. The molecular formula is C24H23FN2O3. The van der Waals surface area contributed by atoms with Crippen LogP contribution in [0.3, 0.4) is 0 Å². The van der Waals surface area contributed by atoms with Crippen molar-refractivity contribution < 1.29 is 18.7 Å². The summed E-state index contributed by atoms with van der Waals surface area (Å²) in [7, 11) is 1.57. The van der Waals surface area contributed by atoms with Crippen molar-refractivity contribution in [2.75, 3.05) is 17.3 Å². The van der Waals surface area contributed by atoms with E-state index in [1.165, 1.54) is 11.0 Å². The molecule has 3 aromatic rings. The Bertz CT molecular complexity index is 1080. The van der Waals surface area contributed by atoms with Crippen molar-refractivity contribution in [2.24, 2.45) is 0 Å². The first-order valence-electron chi connectivity index (χ1n) is 9.78. The second kappa shape index (κ2) is 8.06. The first-order valence-corrected chi connectivity index (χ1v) is 9.78. The molecule has 0 radical (unpaired) electrons. The predicted octanol–water partition coefficient (Wildman–Crippen LogP) is 5.39. The Labute approximate surface area is 175 Å². The molecule has 0 aromatic heterocycles. The van der Waals surface area contributed by atoms with Gasteiger partial charge >= 0.3 is 0 Å². The highest BCUT2D eigenvalue weighted by atomic mass is 19.1. The number of carbonyl (C=O) groups excluding carboxylic acids is 1. The molecule has 0 fully saturated rings. The quantitative estimate of drug-likeness (QED) is 0.617. The third-order valence-electron chi connectivity index (χ3n) is 4.90. The molecule has 1 atom stereocenters. The van der Waals surface area contributed by atoms with Crippen molar-refractivity contribution in [1.82, 2.24) is 0 Å². The number of fused-ring (bicyclic) bond motifs is 1. The van der Waals surface area contributed by atoms with E-state index in [1.807, 2.05) is 38.1 Å². The molecule has 154 valence electrons. The second-order valence-corrected chi connectivity index (χ2v) is 7.30. The molecule has 3 aromatic carbocycles. The standard InChI is InChI=1S/C24H23FN2O3/c1-15(2)30-21-13-12-16(14-22(21)29-3)23-26-19-10-6-4-8-17(19)24(28)27(23)20-11-7-5-9-18(20)25/h4-15,23,26H,1-3H3. The number of nitrogens with zero attached hydrogens (tertiary/aromatic N) is 1. The fourth-order valence-corrected chi connectivity index (χ4v) is 3.59. The van der Waals surface area contributed by atoms with Gasteiger partial charge < -0.3 is 14.8 Å². The van der Waals surface area contributed by atoms with Gasteiger partial charge in [0.1, 0.15) is 12.0 Å². The van der Waals surface area contributed by atoms with E-state index in [4.69, 9.17) is 9.47 Å². The first kappa shape index (κ1) is 19.8. The van der Waals surface area contributed by atoms with E-state index < -0.39 is 12.0 Å². The molecule has 1 aliphatic heterocycles. The van der Waals surface area contributed by atoms with Crippen molar-refractivity contribution in [3.05, 3.63) is 83.7 Å². The van der Waals surface area contributed by atoms with Crippen molar-refractivity contribution in [3.63, 3.8) is 0 Å². The van der Waals surface area contributed by atoms with Gasteiger partial charge in [0.05, 0.1) is 24.5 Å². The van der Waals surface area contributed by atoms with E-state index in [2.05, 4.69) is 5.32 Å². The topological polar surface area (TPSA) is 50.8 Å². The summed E-state index contributed by atoms with van der Waals surface area (Å²) >= 11 is 0. The molecule has 0 saturated heterocycles. The zero-order valence-corrected chi connectivity index (χ0v) is 17.1. The minimum absolute atomic E-state index is 0.0130. The maximum Gasteiger partial charge on any atom is 0.262 e. The van der Waals surface area contributed by atoms with Crippen LogP contribution >= 0.6 is 0 Å². The average Bonchev–Trinajstić information content (AvgIpc) is 2.74. The van der Waals surface area contributed by atoms with E-state index in [0.717, 1.165) is 5.56 Å². The minimum atomic E-state index is -0.619. The number of methoxy groups -OCH3 is 1. The largest absolute Gasteiger partial charge is 0.493 e. The monoisotopic (exact) mass is 406 g/mol. The fraction of sp³-hybridized carbons (Fsp3) is 0.208. The summed E-state index contributed by atoms with van der Waals surface area (Å²) < 4.78 is 26.0. The predicted molar refractivity (Wildman–Crippen MR) is 115 cm³/mol. The lowest BCUT2D eigenvalue weighted by Gasteiger charge is -2.38. The Kier molecular flexibility index (Phi) is 5.31. The fourth-order valence-electron chi connectivity index (χ4n) is 3.59. The zero-order valence-electron chi connectivity index (χ0n) is 17.1. The second-order valence-electron chi connectivity index (χ2n) is 7.30. The summed E-state index contributed by atoms with van der Waals surface area (Å²) in [5, 5.41) is 3.37. The molecule has 4 rings (SSSR count). The van der Waals surface area contributed by atoms with Gasteiger partial charge in [-0.1, -0.05) is 30.3 Å². The average molecular weight is 406 g/mol. The molecule has 0 spiro atoms. The molecule has 0 saturated carbocycles.